The van der Waals surface area contributed by atoms with Crippen molar-refractivity contribution in [3.05, 3.63) is 35.1 Å². The van der Waals surface area contributed by atoms with Crippen LogP contribution in [-0.4, -0.2) is 13.6 Å². The van der Waals surface area contributed by atoms with Crippen LogP contribution in [0.1, 0.15) is 25.0 Å². The molecule has 0 heterocycles. The molecule has 0 aromatic heterocycles. The van der Waals surface area contributed by atoms with E-state index in [1.54, 1.807) is 6.07 Å². The zero-order valence-corrected chi connectivity index (χ0v) is 10.0. The van der Waals surface area contributed by atoms with Crippen LogP contribution in [0.15, 0.2) is 18.2 Å². The van der Waals surface area contributed by atoms with Crippen molar-refractivity contribution < 1.29 is 4.39 Å². The molecule has 0 aliphatic heterocycles. The van der Waals surface area contributed by atoms with Gasteiger partial charge in [0.15, 0.2) is 0 Å². The van der Waals surface area contributed by atoms with Gasteiger partial charge in [-0.3, -0.25) is 0 Å². The molecule has 0 atom stereocenters. The molecule has 1 N–H and O–H groups in total. The lowest BCUT2D eigenvalue weighted by molar-refractivity contribution is 0.349. The molecule has 2 heteroatoms. The van der Waals surface area contributed by atoms with Gasteiger partial charge in [0.2, 0.25) is 0 Å². The quantitative estimate of drug-likeness (QED) is 0.804. The van der Waals surface area contributed by atoms with E-state index in [4.69, 9.17) is 0 Å². The van der Waals surface area contributed by atoms with Crippen molar-refractivity contribution in [1.29, 1.82) is 0 Å². The molecule has 1 aromatic rings. The average Bonchev–Trinajstić information content (AvgIpc) is 2.10. The number of halogens is 1. The number of aryl methyl sites for hydroxylation is 1. The third-order valence-electron chi connectivity index (χ3n) is 2.64. The molecule has 0 saturated carbocycles. The molecule has 84 valence electrons. The molecular weight excluding hydrogens is 189 g/mol. The number of hydrogen-bond donors (Lipinski definition) is 1. The molecule has 0 fully saturated rings. The summed E-state index contributed by atoms with van der Waals surface area (Å²) in [5, 5.41) is 3.17. The summed E-state index contributed by atoms with van der Waals surface area (Å²) in [6, 6.07) is 5.01. The monoisotopic (exact) mass is 209 g/mol. The van der Waals surface area contributed by atoms with E-state index in [1.807, 2.05) is 20.0 Å². The van der Waals surface area contributed by atoms with Crippen molar-refractivity contribution in [3.63, 3.8) is 0 Å². The highest BCUT2D eigenvalue weighted by Crippen LogP contribution is 2.23. The van der Waals surface area contributed by atoms with Crippen LogP contribution in [0, 0.1) is 18.2 Å². The first-order chi connectivity index (χ1) is 6.94. The summed E-state index contributed by atoms with van der Waals surface area (Å²) in [6.45, 7) is 7.34. The van der Waals surface area contributed by atoms with Gasteiger partial charge in [0.05, 0.1) is 0 Å². The molecule has 0 aliphatic rings. The lowest BCUT2D eigenvalue weighted by Crippen LogP contribution is -2.29. The molecule has 0 aliphatic carbocycles. The van der Waals surface area contributed by atoms with E-state index in [9.17, 15) is 4.39 Å². The summed E-state index contributed by atoms with van der Waals surface area (Å²) in [4.78, 5) is 0. The molecule has 0 unspecified atom stereocenters. The molecule has 0 radical (unpaired) electrons. The van der Waals surface area contributed by atoms with Gasteiger partial charge in [0, 0.05) is 6.54 Å². The Morgan fingerprint density at radius 3 is 2.60 bits per heavy atom. The van der Waals surface area contributed by atoms with Gasteiger partial charge < -0.3 is 5.32 Å². The molecule has 15 heavy (non-hydrogen) atoms. The van der Waals surface area contributed by atoms with Gasteiger partial charge in [-0.2, -0.15) is 0 Å². The highest BCUT2D eigenvalue weighted by atomic mass is 19.1. The maximum atomic E-state index is 13.1. The van der Waals surface area contributed by atoms with E-state index >= 15 is 0 Å². The normalized spacial score (nSPS) is 11.8. The van der Waals surface area contributed by atoms with Crippen LogP contribution in [0.5, 0.6) is 0 Å². The molecule has 0 amide bonds. The third kappa shape index (κ3) is 3.63. The van der Waals surface area contributed by atoms with Gasteiger partial charge in [-0.15, -0.1) is 0 Å². The zero-order chi connectivity index (χ0) is 11.5. The molecule has 1 aromatic carbocycles. The molecule has 0 spiro atoms. The fourth-order valence-corrected chi connectivity index (χ4v) is 1.89. The maximum Gasteiger partial charge on any atom is 0.123 e. The minimum atomic E-state index is -0.143. The van der Waals surface area contributed by atoms with Crippen LogP contribution in [0.25, 0.3) is 0 Å². The van der Waals surface area contributed by atoms with Crippen molar-refractivity contribution >= 4 is 0 Å². The summed E-state index contributed by atoms with van der Waals surface area (Å²) in [5.41, 5.74) is 2.43. The van der Waals surface area contributed by atoms with E-state index in [1.165, 1.54) is 11.6 Å². The second-order valence-corrected chi connectivity index (χ2v) is 4.94. The Kier molecular flexibility index (Phi) is 3.86. The Labute approximate surface area is 91.7 Å². The molecule has 0 saturated heterocycles. The number of nitrogens with one attached hydrogen (secondary N) is 1. The summed E-state index contributed by atoms with van der Waals surface area (Å²) >= 11 is 0. The van der Waals surface area contributed by atoms with E-state index in [0.717, 1.165) is 18.5 Å². The minimum absolute atomic E-state index is 0.143. The molecule has 0 bridgehead atoms. The third-order valence-corrected chi connectivity index (χ3v) is 2.64. The van der Waals surface area contributed by atoms with Crippen LogP contribution in [0.3, 0.4) is 0 Å². The van der Waals surface area contributed by atoms with Crippen molar-refractivity contribution in [2.45, 2.75) is 27.2 Å². The smallest absolute Gasteiger partial charge is 0.123 e. The Hall–Kier alpha value is -0.890. The Morgan fingerprint density at radius 1 is 1.33 bits per heavy atom. The topological polar surface area (TPSA) is 12.0 Å². The van der Waals surface area contributed by atoms with E-state index in [-0.39, 0.29) is 11.2 Å². The number of hydrogen-bond acceptors (Lipinski definition) is 1. The summed E-state index contributed by atoms with van der Waals surface area (Å²) in [5.74, 6) is -0.143. The summed E-state index contributed by atoms with van der Waals surface area (Å²) < 4.78 is 13.1. The fourth-order valence-electron chi connectivity index (χ4n) is 1.89. The second-order valence-electron chi connectivity index (χ2n) is 4.94. The maximum absolute atomic E-state index is 13.1. The average molecular weight is 209 g/mol. The summed E-state index contributed by atoms with van der Waals surface area (Å²) in [7, 11) is 1.94. The van der Waals surface area contributed by atoms with Crippen molar-refractivity contribution in [1.82, 2.24) is 5.32 Å². The largest absolute Gasteiger partial charge is 0.319 e. The zero-order valence-electron chi connectivity index (χ0n) is 10.0. The van der Waals surface area contributed by atoms with Crippen LogP contribution < -0.4 is 5.32 Å². The first-order valence-electron chi connectivity index (χ1n) is 5.34. The number of rotatable bonds is 4. The second kappa shape index (κ2) is 4.75. The van der Waals surface area contributed by atoms with Crippen molar-refractivity contribution in [2.24, 2.45) is 5.41 Å². The van der Waals surface area contributed by atoms with Crippen LogP contribution in [0.2, 0.25) is 0 Å². The Morgan fingerprint density at radius 2 is 2.00 bits per heavy atom. The highest BCUT2D eigenvalue weighted by Gasteiger charge is 2.18. The van der Waals surface area contributed by atoms with Crippen molar-refractivity contribution in [2.75, 3.05) is 13.6 Å². The Balaban J connectivity index is 2.83. The van der Waals surface area contributed by atoms with Gasteiger partial charge in [0.1, 0.15) is 5.82 Å². The standard InChI is InChI=1S/C13H20FN/c1-10-5-6-12(14)7-11(10)8-13(2,3)9-15-4/h5-7,15H,8-9H2,1-4H3. The predicted octanol–water partition coefficient (Wildman–Crippen LogP) is 2.92. The lowest BCUT2D eigenvalue weighted by Gasteiger charge is -2.25. The van der Waals surface area contributed by atoms with Gasteiger partial charge in [0.25, 0.3) is 0 Å². The fraction of sp³-hybridized carbons (Fsp3) is 0.538. The predicted molar refractivity (Wildman–Crippen MR) is 62.5 cm³/mol. The van der Waals surface area contributed by atoms with Gasteiger partial charge >= 0.3 is 0 Å². The SMILES string of the molecule is CNCC(C)(C)Cc1cc(F)ccc1C. The van der Waals surface area contributed by atoms with E-state index in [2.05, 4.69) is 19.2 Å². The van der Waals surface area contributed by atoms with Gasteiger partial charge in [-0.05, 0) is 49.1 Å². The minimum Gasteiger partial charge on any atom is -0.319 e. The van der Waals surface area contributed by atoms with Crippen LogP contribution >= 0.6 is 0 Å². The van der Waals surface area contributed by atoms with E-state index < -0.39 is 0 Å². The summed E-state index contributed by atoms with van der Waals surface area (Å²) in [6.07, 6.45) is 0.900. The first kappa shape index (κ1) is 12.2. The first-order valence-corrected chi connectivity index (χ1v) is 5.34. The van der Waals surface area contributed by atoms with Gasteiger partial charge in [-0.25, -0.2) is 4.39 Å². The van der Waals surface area contributed by atoms with Gasteiger partial charge in [-0.1, -0.05) is 19.9 Å². The Bertz CT molecular complexity index is 331. The van der Waals surface area contributed by atoms with E-state index in [0.29, 0.717) is 0 Å². The molecule has 1 rings (SSSR count). The van der Waals surface area contributed by atoms with Crippen LogP contribution in [-0.2, 0) is 6.42 Å². The number of benzene rings is 1. The molecular formula is C13H20FN. The van der Waals surface area contributed by atoms with Crippen LogP contribution in [0.4, 0.5) is 4.39 Å². The lowest BCUT2D eigenvalue weighted by atomic mass is 9.84. The highest BCUT2D eigenvalue weighted by molar-refractivity contribution is 5.27. The molecule has 1 nitrogen and oxygen atoms in total. The van der Waals surface area contributed by atoms with Crippen molar-refractivity contribution in [3.8, 4) is 0 Å².